The van der Waals surface area contributed by atoms with Crippen LogP contribution in [-0.2, 0) is 32.0 Å². The number of carboxylic acids is 1. The highest BCUT2D eigenvalue weighted by atomic mass is 16.4. The fraction of sp³-hybridized carbons (Fsp3) is 0.500. The minimum atomic E-state index is -1.52. The molecule has 0 aliphatic rings. The zero-order valence-electron chi connectivity index (χ0n) is 18.8. The molecule has 14 heteroatoms. The number of amides is 3. The fourth-order valence-electron chi connectivity index (χ4n) is 3.07. The Morgan fingerprint density at radius 1 is 0.912 bits per heavy atom. The summed E-state index contributed by atoms with van der Waals surface area (Å²) in [4.78, 5) is 63.0. The number of nitrogens with two attached hydrogens (primary N) is 1. The van der Waals surface area contributed by atoms with Gasteiger partial charge in [-0.3, -0.25) is 14.4 Å². The third kappa shape index (κ3) is 7.67. The molecule has 2 aromatic rings. The minimum absolute atomic E-state index is 0.0369. The van der Waals surface area contributed by atoms with E-state index < -0.39 is 60.4 Å². The Balaban J connectivity index is 2.13. The first-order valence-electron chi connectivity index (χ1n) is 10.6. The monoisotopic (exact) mass is 478 g/mol. The predicted octanol–water partition coefficient (Wildman–Crippen LogP) is -2.57. The van der Waals surface area contributed by atoms with Crippen LogP contribution in [0.2, 0.25) is 0 Å². The van der Waals surface area contributed by atoms with Crippen LogP contribution in [-0.4, -0.2) is 84.6 Å². The first-order valence-corrected chi connectivity index (χ1v) is 10.6. The lowest BCUT2D eigenvalue weighted by Gasteiger charge is -2.26. The number of aromatic amines is 2. The molecule has 2 aromatic heterocycles. The smallest absolute Gasteiger partial charge is 0.328 e. The summed E-state index contributed by atoms with van der Waals surface area (Å²) in [6.45, 7) is 2.50. The Hall–Kier alpha value is -3.78. The average Bonchev–Trinajstić information content (AvgIpc) is 3.48. The second-order valence-electron chi connectivity index (χ2n) is 8.04. The lowest BCUT2D eigenvalue weighted by atomic mass is 10.0. The number of H-pyrrole nitrogens is 2. The molecule has 186 valence electrons. The van der Waals surface area contributed by atoms with Crippen molar-refractivity contribution in [3.05, 3.63) is 36.4 Å². The summed E-state index contributed by atoms with van der Waals surface area (Å²) in [7, 11) is 0. The summed E-state index contributed by atoms with van der Waals surface area (Å²) >= 11 is 0. The van der Waals surface area contributed by atoms with Crippen molar-refractivity contribution in [2.45, 2.75) is 50.9 Å². The van der Waals surface area contributed by atoms with Gasteiger partial charge in [-0.2, -0.15) is 0 Å². The molecule has 14 nitrogen and oxygen atoms in total. The Kier molecular flexibility index (Phi) is 9.70. The van der Waals surface area contributed by atoms with Gasteiger partial charge in [-0.15, -0.1) is 0 Å². The van der Waals surface area contributed by atoms with E-state index in [1.54, 1.807) is 13.8 Å². The minimum Gasteiger partial charge on any atom is -0.480 e. The van der Waals surface area contributed by atoms with Crippen LogP contribution in [0.1, 0.15) is 25.2 Å². The van der Waals surface area contributed by atoms with E-state index in [0.29, 0.717) is 11.4 Å². The Morgan fingerprint density at radius 2 is 1.47 bits per heavy atom. The molecule has 2 rings (SSSR count). The van der Waals surface area contributed by atoms with Crippen molar-refractivity contribution >= 4 is 23.7 Å². The first kappa shape index (κ1) is 26.5. The van der Waals surface area contributed by atoms with Crippen molar-refractivity contribution in [3.63, 3.8) is 0 Å². The number of nitrogens with one attached hydrogen (secondary N) is 5. The van der Waals surface area contributed by atoms with E-state index in [1.165, 1.54) is 25.0 Å². The number of nitrogens with zero attached hydrogens (tertiary/aromatic N) is 2. The van der Waals surface area contributed by atoms with Crippen LogP contribution in [0.25, 0.3) is 0 Å². The van der Waals surface area contributed by atoms with E-state index >= 15 is 0 Å². The van der Waals surface area contributed by atoms with Crippen molar-refractivity contribution in [2.75, 3.05) is 6.61 Å². The molecule has 4 atom stereocenters. The quantitative estimate of drug-likeness (QED) is 0.151. The second kappa shape index (κ2) is 12.5. The summed E-state index contributed by atoms with van der Waals surface area (Å²) in [5.41, 5.74) is 7.17. The summed E-state index contributed by atoms with van der Waals surface area (Å²) in [5.74, 6) is -3.90. The third-order valence-electron chi connectivity index (χ3n) is 4.99. The van der Waals surface area contributed by atoms with Crippen molar-refractivity contribution in [1.29, 1.82) is 0 Å². The zero-order valence-corrected chi connectivity index (χ0v) is 18.8. The molecule has 0 aliphatic heterocycles. The standard InChI is InChI=1S/C20H30N8O6/c1-10(2)16(19(32)27-15(7-29)20(33)34)28-18(31)14(4-12-6-23-9-25-12)26-17(30)13(21)3-11-5-22-8-24-11/h5-6,8-10,13-16,29H,3-4,7,21H2,1-2H3,(H,22,24)(H,23,25)(H,26,30)(H,27,32)(H,28,31)(H,33,34). The maximum Gasteiger partial charge on any atom is 0.328 e. The fourth-order valence-corrected chi connectivity index (χ4v) is 3.07. The molecule has 4 unspecified atom stereocenters. The van der Waals surface area contributed by atoms with Crippen molar-refractivity contribution in [1.82, 2.24) is 35.9 Å². The molecule has 0 aromatic carbocycles. The van der Waals surface area contributed by atoms with Gasteiger partial charge in [0.25, 0.3) is 0 Å². The zero-order chi connectivity index (χ0) is 25.3. The number of hydrogen-bond acceptors (Lipinski definition) is 8. The topological polar surface area (TPSA) is 228 Å². The molecular formula is C20H30N8O6. The second-order valence-corrected chi connectivity index (χ2v) is 8.04. The molecule has 0 bridgehead atoms. The number of hydrogen-bond donors (Lipinski definition) is 8. The van der Waals surface area contributed by atoms with E-state index in [0.717, 1.165) is 0 Å². The largest absolute Gasteiger partial charge is 0.480 e. The number of carbonyl (C=O) groups is 4. The van der Waals surface area contributed by atoms with Crippen molar-refractivity contribution in [2.24, 2.45) is 11.7 Å². The molecule has 0 radical (unpaired) electrons. The van der Waals surface area contributed by atoms with E-state index in [2.05, 4.69) is 35.9 Å². The highest BCUT2D eigenvalue weighted by Gasteiger charge is 2.32. The number of carbonyl (C=O) groups excluding carboxylic acids is 3. The van der Waals surface area contributed by atoms with Gasteiger partial charge in [0.1, 0.15) is 18.1 Å². The van der Waals surface area contributed by atoms with Gasteiger partial charge in [0, 0.05) is 36.6 Å². The average molecular weight is 479 g/mol. The van der Waals surface area contributed by atoms with Crippen LogP contribution in [0, 0.1) is 5.92 Å². The number of aromatic nitrogens is 4. The molecule has 9 N–H and O–H groups in total. The predicted molar refractivity (Wildman–Crippen MR) is 118 cm³/mol. The van der Waals surface area contributed by atoms with Gasteiger partial charge in [0.15, 0.2) is 0 Å². The number of aliphatic hydroxyl groups is 1. The number of aliphatic hydroxyl groups excluding tert-OH is 1. The lowest BCUT2D eigenvalue weighted by Crippen LogP contribution is -2.59. The first-order chi connectivity index (χ1) is 16.1. The van der Waals surface area contributed by atoms with Gasteiger partial charge in [0.2, 0.25) is 17.7 Å². The highest BCUT2D eigenvalue weighted by Crippen LogP contribution is 2.06. The van der Waals surface area contributed by atoms with E-state index in [-0.39, 0.29) is 12.8 Å². The normalized spacial score (nSPS) is 14.6. The Bertz CT molecular complexity index is 946. The van der Waals surface area contributed by atoms with Crippen molar-refractivity contribution < 1.29 is 29.4 Å². The SMILES string of the molecule is CC(C)C(NC(=O)C(Cc1cnc[nH]1)NC(=O)C(N)Cc1cnc[nH]1)C(=O)NC(CO)C(=O)O. The molecule has 0 fully saturated rings. The van der Waals surface area contributed by atoms with Gasteiger partial charge in [-0.1, -0.05) is 13.8 Å². The molecule has 0 aliphatic carbocycles. The summed E-state index contributed by atoms with van der Waals surface area (Å²) in [6.07, 6.45) is 6.10. The maximum atomic E-state index is 13.1. The lowest BCUT2D eigenvalue weighted by molar-refractivity contribution is -0.143. The van der Waals surface area contributed by atoms with Crippen LogP contribution >= 0.6 is 0 Å². The van der Waals surface area contributed by atoms with Crippen LogP contribution in [0.4, 0.5) is 0 Å². The maximum absolute atomic E-state index is 13.1. The summed E-state index contributed by atoms with van der Waals surface area (Å²) in [6, 6.07) is -4.72. The number of carboxylic acid groups (broad SMARTS) is 1. The Labute approximate surface area is 195 Å². The van der Waals surface area contributed by atoms with Crippen LogP contribution in [0.5, 0.6) is 0 Å². The highest BCUT2D eigenvalue weighted by molar-refractivity contribution is 5.94. The molecular weight excluding hydrogens is 448 g/mol. The van der Waals surface area contributed by atoms with E-state index in [9.17, 15) is 19.2 Å². The van der Waals surface area contributed by atoms with E-state index in [1.807, 2.05) is 0 Å². The summed E-state index contributed by atoms with van der Waals surface area (Å²) in [5, 5.41) is 25.6. The number of aliphatic carboxylic acids is 1. The number of rotatable bonds is 13. The van der Waals surface area contributed by atoms with Gasteiger partial charge in [-0.25, -0.2) is 14.8 Å². The molecule has 0 saturated carbocycles. The van der Waals surface area contributed by atoms with Gasteiger partial charge in [0.05, 0.1) is 25.3 Å². The Morgan fingerprint density at radius 3 is 1.94 bits per heavy atom. The molecule has 0 spiro atoms. The molecule has 0 saturated heterocycles. The van der Waals surface area contributed by atoms with Gasteiger partial charge < -0.3 is 41.9 Å². The molecule has 34 heavy (non-hydrogen) atoms. The third-order valence-corrected chi connectivity index (χ3v) is 4.99. The van der Waals surface area contributed by atoms with Crippen LogP contribution in [0.3, 0.4) is 0 Å². The van der Waals surface area contributed by atoms with Crippen molar-refractivity contribution in [3.8, 4) is 0 Å². The van der Waals surface area contributed by atoms with Crippen LogP contribution in [0.15, 0.2) is 25.0 Å². The number of imidazole rings is 2. The molecule has 2 heterocycles. The van der Waals surface area contributed by atoms with Crippen LogP contribution < -0.4 is 21.7 Å². The van der Waals surface area contributed by atoms with Gasteiger partial charge in [-0.05, 0) is 5.92 Å². The van der Waals surface area contributed by atoms with E-state index in [4.69, 9.17) is 15.9 Å². The molecule has 3 amide bonds. The van der Waals surface area contributed by atoms with Gasteiger partial charge >= 0.3 is 5.97 Å². The summed E-state index contributed by atoms with van der Waals surface area (Å²) < 4.78 is 0.